The maximum absolute atomic E-state index is 13.0. The summed E-state index contributed by atoms with van der Waals surface area (Å²) < 4.78 is 13.6. The number of hydrogen-bond acceptors (Lipinski definition) is 4. The molecule has 2 heterocycles. The van der Waals surface area contributed by atoms with Crippen LogP contribution in [-0.4, -0.2) is 35.7 Å². The number of carbonyl (C=O) groups is 1. The fourth-order valence-corrected chi connectivity index (χ4v) is 4.67. The molecule has 1 saturated heterocycles. The van der Waals surface area contributed by atoms with Crippen molar-refractivity contribution in [3.05, 3.63) is 84.2 Å². The number of anilines is 1. The van der Waals surface area contributed by atoms with E-state index >= 15 is 0 Å². The van der Waals surface area contributed by atoms with Crippen molar-refractivity contribution in [2.45, 2.75) is 32.2 Å². The Bertz CT molecular complexity index is 1310. The number of amides is 1. The molecule has 0 N–H and O–H groups in total. The minimum atomic E-state index is 0.0313. The van der Waals surface area contributed by atoms with Gasteiger partial charge in [0.05, 0.1) is 24.8 Å². The Morgan fingerprint density at radius 2 is 1.82 bits per heavy atom. The number of benzene rings is 3. The van der Waals surface area contributed by atoms with Gasteiger partial charge in [0.25, 0.3) is 0 Å². The molecule has 1 aromatic heterocycles. The summed E-state index contributed by atoms with van der Waals surface area (Å²) in [4.78, 5) is 19.8. The van der Waals surface area contributed by atoms with Crippen molar-refractivity contribution in [3.63, 3.8) is 0 Å². The summed E-state index contributed by atoms with van der Waals surface area (Å²) in [6.45, 7) is 4.07. The predicted octanol–water partition coefficient (Wildman–Crippen LogP) is 5.34. The van der Waals surface area contributed by atoms with E-state index in [0.29, 0.717) is 19.6 Å². The first kappa shape index (κ1) is 22.0. The number of nitrogens with zero attached hydrogens (tertiary/aromatic N) is 3. The Balaban J connectivity index is 1.35. The van der Waals surface area contributed by atoms with E-state index in [4.69, 9.17) is 14.5 Å². The third kappa shape index (κ3) is 4.49. The summed E-state index contributed by atoms with van der Waals surface area (Å²) in [6, 6.07) is 24.0. The number of rotatable bonds is 8. The molecule has 6 nitrogen and oxygen atoms in total. The molecule has 0 spiro atoms. The molecule has 0 saturated carbocycles. The standard InChI is InChI=1S/C28H29N3O3/c1-20-8-5-11-24(16-20)34-15-7-14-30-26-13-4-3-12-25(26)29-28(30)21-17-27(32)31(19-21)22-9-6-10-23(18-22)33-2/h3-6,8-13,16,18,21H,7,14-15,17,19H2,1-2H3/t21-/m1/s1. The number of aromatic nitrogens is 2. The topological polar surface area (TPSA) is 56.6 Å². The number of methoxy groups -OCH3 is 1. The number of para-hydroxylation sites is 2. The Labute approximate surface area is 199 Å². The Morgan fingerprint density at radius 1 is 1.00 bits per heavy atom. The van der Waals surface area contributed by atoms with E-state index in [9.17, 15) is 4.79 Å². The van der Waals surface area contributed by atoms with Gasteiger partial charge in [-0.3, -0.25) is 4.79 Å². The lowest BCUT2D eigenvalue weighted by molar-refractivity contribution is -0.117. The molecule has 0 radical (unpaired) electrons. The first-order valence-electron chi connectivity index (χ1n) is 11.7. The molecular formula is C28H29N3O3. The van der Waals surface area contributed by atoms with E-state index in [1.54, 1.807) is 7.11 Å². The van der Waals surface area contributed by atoms with Crippen LogP contribution in [-0.2, 0) is 11.3 Å². The van der Waals surface area contributed by atoms with Gasteiger partial charge >= 0.3 is 0 Å². The van der Waals surface area contributed by atoms with Gasteiger partial charge in [-0.25, -0.2) is 4.98 Å². The van der Waals surface area contributed by atoms with E-state index in [2.05, 4.69) is 29.7 Å². The van der Waals surface area contributed by atoms with Gasteiger partial charge in [-0.2, -0.15) is 0 Å². The minimum absolute atomic E-state index is 0.0313. The quantitative estimate of drug-likeness (QED) is 0.337. The second-order valence-electron chi connectivity index (χ2n) is 8.74. The smallest absolute Gasteiger partial charge is 0.227 e. The molecule has 3 aromatic carbocycles. The molecule has 4 aromatic rings. The van der Waals surface area contributed by atoms with Crippen LogP contribution in [0.5, 0.6) is 11.5 Å². The highest BCUT2D eigenvalue weighted by molar-refractivity contribution is 5.96. The Hall–Kier alpha value is -3.80. The third-order valence-electron chi connectivity index (χ3n) is 6.32. The van der Waals surface area contributed by atoms with E-state index in [1.807, 2.05) is 59.5 Å². The Morgan fingerprint density at radius 3 is 2.68 bits per heavy atom. The zero-order chi connectivity index (χ0) is 23.5. The largest absolute Gasteiger partial charge is 0.497 e. The van der Waals surface area contributed by atoms with Gasteiger partial charge in [0.15, 0.2) is 0 Å². The SMILES string of the molecule is COc1cccc(N2C[C@H](c3nc4ccccc4n3CCCOc3cccc(C)c3)CC2=O)c1. The molecule has 0 bridgehead atoms. The van der Waals surface area contributed by atoms with E-state index in [0.717, 1.165) is 47.0 Å². The van der Waals surface area contributed by atoms with E-state index in [-0.39, 0.29) is 11.8 Å². The van der Waals surface area contributed by atoms with Gasteiger partial charge in [-0.1, -0.05) is 30.3 Å². The highest BCUT2D eigenvalue weighted by Crippen LogP contribution is 2.34. The molecule has 1 aliphatic rings. The summed E-state index contributed by atoms with van der Waals surface area (Å²) in [6.07, 6.45) is 1.29. The van der Waals surface area contributed by atoms with Gasteiger partial charge in [-0.15, -0.1) is 0 Å². The van der Waals surface area contributed by atoms with E-state index in [1.165, 1.54) is 5.56 Å². The van der Waals surface area contributed by atoms with Crippen molar-refractivity contribution in [1.29, 1.82) is 0 Å². The monoisotopic (exact) mass is 455 g/mol. The number of ether oxygens (including phenoxy) is 2. The molecule has 174 valence electrons. The number of aryl methyl sites for hydroxylation is 2. The molecule has 0 aliphatic carbocycles. The highest BCUT2D eigenvalue weighted by Gasteiger charge is 2.35. The second-order valence-corrected chi connectivity index (χ2v) is 8.74. The molecule has 1 fully saturated rings. The summed E-state index contributed by atoms with van der Waals surface area (Å²) in [5, 5.41) is 0. The van der Waals surface area contributed by atoms with Crippen LogP contribution in [0.2, 0.25) is 0 Å². The van der Waals surface area contributed by atoms with Crippen LogP contribution in [0.1, 0.15) is 30.1 Å². The maximum Gasteiger partial charge on any atom is 0.227 e. The molecule has 1 atom stereocenters. The first-order chi connectivity index (χ1) is 16.6. The molecule has 0 unspecified atom stereocenters. The lowest BCUT2D eigenvalue weighted by Crippen LogP contribution is -2.24. The predicted molar refractivity (Wildman–Crippen MR) is 134 cm³/mol. The minimum Gasteiger partial charge on any atom is -0.497 e. The van der Waals surface area contributed by atoms with Crippen LogP contribution in [0.3, 0.4) is 0 Å². The van der Waals surface area contributed by atoms with Crippen LogP contribution in [0.4, 0.5) is 5.69 Å². The van der Waals surface area contributed by atoms with Gasteiger partial charge in [0, 0.05) is 37.2 Å². The van der Waals surface area contributed by atoms with Crippen molar-refractivity contribution in [2.24, 2.45) is 0 Å². The molecule has 34 heavy (non-hydrogen) atoms. The second kappa shape index (κ2) is 9.59. The Kier molecular flexibility index (Phi) is 6.21. The van der Waals surface area contributed by atoms with Crippen molar-refractivity contribution in [3.8, 4) is 11.5 Å². The van der Waals surface area contributed by atoms with Crippen LogP contribution in [0, 0.1) is 6.92 Å². The van der Waals surface area contributed by atoms with Crippen LogP contribution in [0.25, 0.3) is 11.0 Å². The van der Waals surface area contributed by atoms with E-state index < -0.39 is 0 Å². The van der Waals surface area contributed by atoms with Crippen molar-refractivity contribution in [2.75, 3.05) is 25.2 Å². The average molecular weight is 456 g/mol. The third-order valence-corrected chi connectivity index (χ3v) is 6.32. The summed E-state index contributed by atoms with van der Waals surface area (Å²) >= 11 is 0. The zero-order valence-electron chi connectivity index (χ0n) is 19.6. The van der Waals surface area contributed by atoms with Gasteiger partial charge in [-0.05, 0) is 55.3 Å². The number of carbonyl (C=O) groups excluding carboxylic acids is 1. The first-order valence-corrected chi connectivity index (χ1v) is 11.7. The van der Waals surface area contributed by atoms with Crippen molar-refractivity contribution in [1.82, 2.24) is 9.55 Å². The van der Waals surface area contributed by atoms with Crippen molar-refractivity contribution >= 4 is 22.6 Å². The van der Waals surface area contributed by atoms with Crippen LogP contribution in [0.15, 0.2) is 72.8 Å². The molecule has 1 amide bonds. The summed E-state index contributed by atoms with van der Waals surface area (Å²) in [5.41, 5.74) is 4.11. The van der Waals surface area contributed by atoms with Crippen LogP contribution >= 0.6 is 0 Å². The molecule has 5 rings (SSSR count). The number of fused-ring (bicyclic) bond motifs is 1. The van der Waals surface area contributed by atoms with Crippen molar-refractivity contribution < 1.29 is 14.3 Å². The fourth-order valence-electron chi connectivity index (χ4n) is 4.67. The van der Waals surface area contributed by atoms with Gasteiger partial charge in [0.1, 0.15) is 17.3 Å². The maximum atomic E-state index is 13.0. The number of imidazole rings is 1. The van der Waals surface area contributed by atoms with Gasteiger partial charge < -0.3 is 18.9 Å². The molecule has 6 heteroatoms. The summed E-state index contributed by atoms with van der Waals surface area (Å²) in [5.74, 6) is 2.75. The molecule has 1 aliphatic heterocycles. The number of hydrogen-bond donors (Lipinski definition) is 0. The molecular weight excluding hydrogens is 426 g/mol. The lowest BCUT2D eigenvalue weighted by atomic mass is 10.1. The highest BCUT2D eigenvalue weighted by atomic mass is 16.5. The van der Waals surface area contributed by atoms with Crippen LogP contribution < -0.4 is 14.4 Å². The average Bonchev–Trinajstić information content (AvgIpc) is 3.42. The normalized spacial score (nSPS) is 15.8. The zero-order valence-corrected chi connectivity index (χ0v) is 19.6. The lowest BCUT2D eigenvalue weighted by Gasteiger charge is -2.18. The van der Waals surface area contributed by atoms with Gasteiger partial charge in [0.2, 0.25) is 5.91 Å². The fraction of sp³-hybridized carbons (Fsp3) is 0.286. The summed E-state index contributed by atoms with van der Waals surface area (Å²) in [7, 11) is 1.64.